The van der Waals surface area contributed by atoms with Gasteiger partial charge in [-0.1, -0.05) is 28.1 Å². The van der Waals surface area contributed by atoms with Gasteiger partial charge in [0.25, 0.3) is 0 Å². The van der Waals surface area contributed by atoms with Crippen LogP contribution in [0.5, 0.6) is 0 Å². The molecule has 20 heavy (non-hydrogen) atoms. The van der Waals surface area contributed by atoms with Crippen molar-refractivity contribution in [3.05, 3.63) is 63.9 Å². The summed E-state index contributed by atoms with van der Waals surface area (Å²) in [5.41, 5.74) is -0.0698. The van der Waals surface area contributed by atoms with Crippen LogP contribution in [0.15, 0.2) is 46.9 Å². The number of alkyl halides is 3. The summed E-state index contributed by atoms with van der Waals surface area (Å²) < 4.78 is 51.7. The molecule has 0 aliphatic heterocycles. The molecule has 0 spiro atoms. The zero-order valence-electron chi connectivity index (χ0n) is 10.1. The molecule has 2 aromatic rings. The Bertz CT molecular complexity index is 610. The summed E-state index contributed by atoms with van der Waals surface area (Å²) in [6.07, 6.45) is -4.54. The molecule has 6 heteroatoms. The Morgan fingerprint density at radius 1 is 1.05 bits per heavy atom. The molecule has 1 nitrogen and oxygen atoms in total. The SMILES string of the molecule is Fc1cc(C(F)(F)F)ccc1NCc1cccc(Br)c1. The van der Waals surface area contributed by atoms with Crippen LogP contribution in [0, 0.1) is 5.82 Å². The molecule has 106 valence electrons. The lowest BCUT2D eigenvalue weighted by molar-refractivity contribution is -0.137. The lowest BCUT2D eigenvalue weighted by Crippen LogP contribution is -2.07. The molecule has 0 radical (unpaired) electrons. The third kappa shape index (κ3) is 3.72. The van der Waals surface area contributed by atoms with E-state index in [2.05, 4.69) is 21.2 Å². The Labute approximate surface area is 121 Å². The average molecular weight is 348 g/mol. The van der Waals surface area contributed by atoms with Gasteiger partial charge in [-0.2, -0.15) is 13.2 Å². The standard InChI is InChI=1S/C14H10BrF4N/c15-11-3-1-2-9(6-11)8-20-13-5-4-10(7-12(13)16)14(17,18)19/h1-7,20H,8H2. The van der Waals surface area contributed by atoms with E-state index < -0.39 is 17.6 Å². The van der Waals surface area contributed by atoms with Crippen LogP contribution in [0.4, 0.5) is 23.2 Å². The largest absolute Gasteiger partial charge is 0.416 e. The van der Waals surface area contributed by atoms with E-state index in [0.717, 1.165) is 22.2 Å². The number of halogens is 5. The van der Waals surface area contributed by atoms with Gasteiger partial charge in [0.2, 0.25) is 0 Å². The second kappa shape index (κ2) is 5.83. The molecule has 0 saturated heterocycles. The van der Waals surface area contributed by atoms with Crippen LogP contribution in [-0.4, -0.2) is 0 Å². The third-order valence-corrected chi connectivity index (χ3v) is 3.16. The summed E-state index contributed by atoms with van der Waals surface area (Å²) in [7, 11) is 0. The van der Waals surface area contributed by atoms with E-state index in [1.165, 1.54) is 0 Å². The normalized spacial score (nSPS) is 11.4. The summed E-state index contributed by atoms with van der Waals surface area (Å²) in [6, 6.07) is 9.78. The summed E-state index contributed by atoms with van der Waals surface area (Å²) in [5, 5.41) is 2.77. The van der Waals surface area contributed by atoms with Crippen molar-refractivity contribution in [2.24, 2.45) is 0 Å². The molecule has 0 bridgehead atoms. The number of benzene rings is 2. The summed E-state index contributed by atoms with van der Waals surface area (Å²) >= 11 is 3.31. The molecule has 2 aromatic carbocycles. The summed E-state index contributed by atoms with van der Waals surface area (Å²) in [5.74, 6) is -0.921. The van der Waals surface area contributed by atoms with Gasteiger partial charge in [-0.05, 0) is 35.9 Å². The molecular weight excluding hydrogens is 338 g/mol. The molecule has 0 heterocycles. The molecular formula is C14H10BrF4N. The minimum absolute atomic E-state index is 0.0398. The molecule has 0 unspecified atom stereocenters. The highest BCUT2D eigenvalue weighted by Crippen LogP contribution is 2.31. The predicted molar refractivity (Wildman–Crippen MR) is 72.9 cm³/mol. The lowest BCUT2D eigenvalue weighted by atomic mass is 10.1. The maximum Gasteiger partial charge on any atom is 0.416 e. The number of nitrogens with one attached hydrogen (secondary N) is 1. The molecule has 0 aliphatic rings. The zero-order chi connectivity index (χ0) is 14.8. The lowest BCUT2D eigenvalue weighted by Gasteiger charge is -2.11. The minimum Gasteiger partial charge on any atom is -0.379 e. The van der Waals surface area contributed by atoms with E-state index in [1.807, 2.05) is 24.3 Å². The Morgan fingerprint density at radius 2 is 1.80 bits per heavy atom. The Morgan fingerprint density at radius 3 is 2.40 bits per heavy atom. The van der Waals surface area contributed by atoms with Crippen molar-refractivity contribution in [1.82, 2.24) is 0 Å². The third-order valence-electron chi connectivity index (χ3n) is 2.67. The van der Waals surface area contributed by atoms with E-state index in [1.54, 1.807) is 0 Å². The Hall–Kier alpha value is -1.56. The highest BCUT2D eigenvalue weighted by Gasteiger charge is 2.31. The molecule has 0 fully saturated rings. The minimum atomic E-state index is -4.54. The van der Waals surface area contributed by atoms with Gasteiger partial charge in [-0.3, -0.25) is 0 Å². The molecule has 0 atom stereocenters. The van der Waals surface area contributed by atoms with E-state index in [4.69, 9.17) is 0 Å². The van der Waals surface area contributed by atoms with Gasteiger partial charge < -0.3 is 5.32 Å². The first-order chi connectivity index (χ1) is 9.36. The van der Waals surface area contributed by atoms with E-state index in [0.29, 0.717) is 12.6 Å². The fraction of sp³-hybridized carbons (Fsp3) is 0.143. The van der Waals surface area contributed by atoms with E-state index >= 15 is 0 Å². The maximum atomic E-state index is 13.6. The van der Waals surface area contributed by atoms with Gasteiger partial charge in [0.05, 0.1) is 11.3 Å². The molecule has 0 aliphatic carbocycles. The van der Waals surface area contributed by atoms with Gasteiger partial charge >= 0.3 is 6.18 Å². The number of hydrogen-bond donors (Lipinski definition) is 1. The summed E-state index contributed by atoms with van der Waals surface area (Å²) in [4.78, 5) is 0. The monoisotopic (exact) mass is 347 g/mol. The summed E-state index contributed by atoms with van der Waals surface area (Å²) in [6.45, 7) is 0.321. The van der Waals surface area contributed by atoms with Crippen LogP contribution in [0.25, 0.3) is 0 Å². The van der Waals surface area contributed by atoms with Gasteiger partial charge in [-0.15, -0.1) is 0 Å². The average Bonchev–Trinajstić information content (AvgIpc) is 2.36. The number of rotatable bonds is 3. The van der Waals surface area contributed by atoms with Crippen LogP contribution < -0.4 is 5.32 Å². The maximum absolute atomic E-state index is 13.6. The van der Waals surface area contributed by atoms with Crippen molar-refractivity contribution in [1.29, 1.82) is 0 Å². The first-order valence-corrected chi connectivity index (χ1v) is 6.50. The molecule has 0 amide bonds. The van der Waals surface area contributed by atoms with E-state index in [-0.39, 0.29) is 5.69 Å². The van der Waals surface area contributed by atoms with Crippen LogP contribution >= 0.6 is 15.9 Å². The molecule has 2 rings (SSSR count). The quantitative estimate of drug-likeness (QED) is 0.750. The number of anilines is 1. The van der Waals surface area contributed by atoms with Crippen molar-refractivity contribution in [3.8, 4) is 0 Å². The van der Waals surface area contributed by atoms with Crippen LogP contribution in [0.3, 0.4) is 0 Å². The topological polar surface area (TPSA) is 12.0 Å². The highest BCUT2D eigenvalue weighted by molar-refractivity contribution is 9.10. The van der Waals surface area contributed by atoms with Gasteiger partial charge in [0, 0.05) is 11.0 Å². The fourth-order valence-corrected chi connectivity index (χ4v) is 2.13. The molecule has 1 N–H and O–H groups in total. The van der Waals surface area contributed by atoms with Gasteiger partial charge in [0.1, 0.15) is 5.82 Å². The second-order valence-corrected chi connectivity index (χ2v) is 5.09. The van der Waals surface area contributed by atoms with Crippen molar-refractivity contribution in [2.45, 2.75) is 12.7 Å². The first kappa shape index (κ1) is 14.8. The van der Waals surface area contributed by atoms with Gasteiger partial charge in [0.15, 0.2) is 0 Å². The Kier molecular flexibility index (Phi) is 4.32. The smallest absolute Gasteiger partial charge is 0.379 e. The first-order valence-electron chi connectivity index (χ1n) is 5.71. The fourth-order valence-electron chi connectivity index (χ4n) is 1.68. The van der Waals surface area contributed by atoms with Crippen LogP contribution in [-0.2, 0) is 12.7 Å². The van der Waals surface area contributed by atoms with Crippen LogP contribution in [0.2, 0.25) is 0 Å². The van der Waals surface area contributed by atoms with Crippen molar-refractivity contribution >= 4 is 21.6 Å². The van der Waals surface area contributed by atoms with Gasteiger partial charge in [-0.25, -0.2) is 4.39 Å². The number of hydrogen-bond acceptors (Lipinski definition) is 1. The Balaban J connectivity index is 2.11. The second-order valence-electron chi connectivity index (χ2n) is 4.18. The van der Waals surface area contributed by atoms with Crippen molar-refractivity contribution < 1.29 is 17.6 Å². The van der Waals surface area contributed by atoms with Crippen LogP contribution in [0.1, 0.15) is 11.1 Å². The van der Waals surface area contributed by atoms with Crippen molar-refractivity contribution in [2.75, 3.05) is 5.32 Å². The van der Waals surface area contributed by atoms with E-state index in [9.17, 15) is 17.6 Å². The molecule has 0 saturated carbocycles. The predicted octanol–water partition coefficient (Wildman–Crippen LogP) is 5.22. The zero-order valence-corrected chi connectivity index (χ0v) is 11.7. The highest BCUT2D eigenvalue weighted by atomic mass is 79.9. The van der Waals surface area contributed by atoms with Crippen molar-refractivity contribution in [3.63, 3.8) is 0 Å². The molecule has 0 aromatic heterocycles.